The largest absolute Gasteiger partial charge is 0.407 e. The average molecular weight is 427 g/mol. The van der Waals surface area contributed by atoms with Crippen LogP contribution < -0.4 is 0 Å². The number of benzene rings is 2. The van der Waals surface area contributed by atoms with Gasteiger partial charge in [0.2, 0.25) is 8.32 Å². The Morgan fingerprint density at radius 2 is 1.20 bits per heavy atom. The average Bonchev–Trinajstić information content (AvgIpc) is 2.73. The molecule has 3 nitrogen and oxygen atoms in total. The van der Waals surface area contributed by atoms with Gasteiger partial charge in [0, 0.05) is 0 Å². The highest BCUT2D eigenvalue weighted by atomic mass is 28.4. The van der Waals surface area contributed by atoms with Gasteiger partial charge in [0.25, 0.3) is 0 Å². The zero-order valence-corrected chi connectivity index (χ0v) is 20.2. The summed E-state index contributed by atoms with van der Waals surface area (Å²) in [6.45, 7) is 13.4. The first-order chi connectivity index (χ1) is 14.2. The molecule has 2 aromatic carbocycles. The van der Waals surface area contributed by atoms with E-state index < -0.39 is 26.6 Å². The van der Waals surface area contributed by atoms with Crippen LogP contribution in [-0.4, -0.2) is 30.7 Å². The molecule has 0 heterocycles. The molecule has 0 saturated heterocycles. The summed E-state index contributed by atoms with van der Waals surface area (Å²) in [5.41, 5.74) is 2.87. The van der Waals surface area contributed by atoms with Crippen LogP contribution in [0.25, 0.3) is 6.08 Å². The Balaban J connectivity index is 2.43. The smallest absolute Gasteiger partial charge is 0.201 e. The van der Waals surface area contributed by atoms with E-state index in [1.165, 1.54) is 0 Å². The number of aliphatic hydroxyl groups excluding tert-OH is 2. The molecule has 2 aromatic rings. The maximum atomic E-state index is 11.2. The highest BCUT2D eigenvalue weighted by Gasteiger charge is 2.47. The van der Waals surface area contributed by atoms with Crippen molar-refractivity contribution in [1.82, 2.24) is 0 Å². The topological polar surface area (TPSA) is 49.7 Å². The fourth-order valence-corrected chi connectivity index (χ4v) is 10.2. The molecule has 0 bridgehead atoms. The molecule has 0 spiro atoms. The summed E-state index contributed by atoms with van der Waals surface area (Å²) < 4.78 is 6.89. The van der Waals surface area contributed by atoms with E-state index in [-0.39, 0.29) is 0 Å². The molecule has 0 radical (unpaired) electrons. The second-order valence-electron chi connectivity index (χ2n) is 9.02. The molecular weight excluding hydrogens is 388 g/mol. The lowest BCUT2D eigenvalue weighted by Gasteiger charge is -2.45. The summed E-state index contributed by atoms with van der Waals surface area (Å²) in [6.07, 6.45) is 1.22. The Hall–Kier alpha value is -1.72. The summed E-state index contributed by atoms with van der Waals surface area (Å²) in [4.78, 5) is 0. The number of rotatable bonds is 10. The van der Waals surface area contributed by atoms with Gasteiger partial charge in [0.15, 0.2) is 0 Å². The Labute approximate surface area is 183 Å². The van der Waals surface area contributed by atoms with Crippen molar-refractivity contribution in [2.24, 2.45) is 0 Å². The molecule has 0 aliphatic carbocycles. The van der Waals surface area contributed by atoms with E-state index in [0.29, 0.717) is 22.2 Å². The molecule has 164 valence electrons. The molecule has 0 aliphatic rings. The minimum Gasteiger partial charge on any atom is -0.407 e. The van der Waals surface area contributed by atoms with Crippen LogP contribution in [0.3, 0.4) is 0 Å². The maximum Gasteiger partial charge on any atom is 0.201 e. The van der Waals surface area contributed by atoms with Gasteiger partial charge >= 0.3 is 0 Å². The van der Waals surface area contributed by atoms with Crippen LogP contribution in [0.15, 0.2) is 66.7 Å². The van der Waals surface area contributed by atoms with Gasteiger partial charge in [-0.2, -0.15) is 0 Å². The van der Waals surface area contributed by atoms with Crippen LogP contribution in [0, 0.1) is 0 Å². The zero-order chi connectivity index (χ0) is 22.3. The minimum absolute atomic E-state index is 0.381. The van der Waals surface area contributed by atoms with Crippen molar-refractivity contribution in [2.45, 2.75) is 76.5 Å². The number of hydrogen-bond donors (Lipinski definition) is 2. The standard InChI is InChI=1S/C26H38O3Si/c1-19(2)30(20(3)4,21(5)6)29-24(18-17-22-13-9-7-10-14-22)26(28)25(27)23-15-11-8-12-16-23/h7-21,24-28H,1-6H3/b18-17+/t24-,25-,26-/m1/s1. The number of aliphatic hydroxyl groups is 2. The van der Waals surface area contributed by atoms with Gasteiger partial charge in [-0.1, -0.05) is 114 Å². The van der Waals surface area contributed by atoms with Crippen LogP contribution in [0.4, 0.5) is 0 Å². The summed E-state index contributed by atoms with van der Waals surface area (Å²) >= 11 is 0. The van der Waals surface area contributed by atoms with Crippen molar-refractivity contribution >= 4 is 14.4 Å². The zero-order valence-electron chi connectivity index (χ0n) is 19.2. The fourth-order valence-electron chi connectivity index (χ4n) is 4.66. The van der Waals surface area contributed by atoms with Gasteiger partial charge in [-0.15, -0.1) is 0 Å². The Morgan fingerprint density at radius 1 is 0.733 bits per heavy atom. The first-order valence-corrected chi connectivity index (χ1v) is 13.2. The second kappa shape index (κ2) is 11.1. The van der Waals surface area contributed by atoms with Crippen molar-refractivity contribution in [3.63, 3.8) is 0 Å². The normalized spacial score (nSPS) is 15.8. The van der Waals surface area contributed by atoms with E-state index >= 15 is 0 Å². The van der Waals surface area contributed by atoms with Crippen LogP contribution >= 0.6 is 0 Å². The first-order valence-electron chi connectivity index (χ1n) is 11.0. The van der Waals surface area contributed by atoms with Gasteiger partial charge < -0.3 is 14.6 Å². The van der Waals surface area contributed by atoms with Gasteiger partial charge in [0.1, 0.15) is 12.2 Å². The third-order valence-electron chi connectivity index (χ3n) is 6.13. The molecule has 4 heteroatoms. The SMILES string of the molecule is CC(C)[Si](O[C@H](/C=C/c1ccccc1)[C@@H](O)[C@H](O)c1ccccc1)(C(C)C)C(C)C. The quantitative estimate of drug-likeness (QED) is 0.435. The van der Waals surface area contributed by atoms with Crippen LogP contribution in [0.2, 0.25) is 16.6 Å². The molecule has 0 saturated carbocycles. The molecule has 0 aliphatic heterocycles. The predicted octanol–water partition coefficient (Wildman–Crippen LogP) is 6.36. The van der Waals surface area contributed by atoms with Crippen molar-refractivity contribution < 1.29 is 14.6 Å². The fraction of sp³-hybridized carbons (Fsp3) is 0.462. The third kappa shape index (κ3) is 5.70. The molecule has 2 rings (SSSR count). The summed E-state index contributed by atoms with van der Waals surface area (Å²) in [7, 11) is -2.26. The van der Waals surface area contributed by atoms with Crippen molar-refractivity contribution in [3.05, 3.63) is 77.9 Å². The highest BCUT2D eigenvalue weighted by Crippen LogP contribution is 2.44. The predicted molar refractivity (Wildman–Crippen MR) is 129 cm³/mol. The molecular formula is C26H38O3Si. The van der Waals surface area contributed by atoms with Gasteiger partial charge in [-0.25, -0.2) is 0 Å². The molecule has 0 amide bonds. The van der Waals surface area contributed by atoms with Gasteiger partial charge in [-0.3, -0.25) is 0 Å². The van der Waals surface area contributed by atoms with Gasteiger partial charge in [0.05, 0.1) is 6.10 Å². The van der Waals surface area contributed by atoms with Crippen molar-refractivity contribution in [1.29, 1.82) is 0 Å². The first kappa shape index (κ1) is 24.5. The molecule has 0 aromatic heterocycles. The van der Waals surface area contributed by atoms with E-state index in [0.717, 1.165) is 5.56 Å². The van der Waals surface area contributed by atoms with E-state index in [4.69, 9.17) is 4.43 Å². The lowest BCUT2D eigenvalue weighted by atomic mass is 10.00. The molecule has 2 N–H and O–H groups in total. The van der Waals surface area contributed by atoms with E-state index in [9.17, 15) is 10.2 Å². The molecule has 3 atom stereocenters. The number of hydrogen-bond acceptors (Lipinski definition) is 3. The van der Waals surface area contributed by atoms with E-state index in [2.05, 4.69) is 41.5 Å². The third-order valence-corrected chi connectivity index (χ3v) is 12.2. The van der Waals surface area contributed by atoms with Crippen molar-refractivity contribution in [2.75, 3.05) is 0 Å². The minimum atomic E-state index is -2.26. The van der Waals surface area contributed by atoms with Crippen LogP contribution in [0.5, 0.6) is 0 Å². The summed E-state index contributed by atoms with van der Waals surface area (Å²) in [6, 6.07) is 19.3. The Bertz CT molecular complexity index is 750. The van der Waals surface area contributed by atoms with Gasteiger partial charge in [-0.05, 0) is 27.8 Å². The Morgan fingerprint density at radius 3 is 1.67 bits per heavy atom. The molecule has 30 heavy (non-hydrogen) atoms. The summed E-state index contributed by atoms with van der Waals surface area (Å²) in [5, 5.41) is 22.1. The Kier molecular flexibility index (Phi) is 9.04. The van der Waals surface area contributed by atoms with Crippen LogP contribution in [-0.2, 0) is 4.43 Å². The maximum absolute atomic E-state index is 11.2. The molecule has 0 unspecified atom stereocenters. The molecule has 0 fully saturated rings. The highest BCUT2D eigenvalue weighted by molar-refractivity contribution is 6.77. The lowest BCUT2D eigenvalue weighted by Crippen LogP contribution is -2.52. The lowest BCUT2D eigenvalue weighted by molar-refractivity contribution is -0.0388. The van der Waals surface area contributed by atoms with Crippen LogP contribution in [0.1, 0.15) is 58.8 Å². The monoisotopic (exact) mass is 426 g/mol. The second-order valence-corrected chi connectivity index (χ2v) is 14.4. The van der Waals surface area contributed by atoms with E-state index in [1.54, 1.807) is 0 Å². The van der Waals surface area contributed by atoms with E-state index in [1.807, 2.05) is 72.8 Å². The van der Waals surface area contributed by atoms with Crippen molar-refractivity contribution in [3.8, 4) is 0 Å². The summed E-state index contributed by atoms with van der Waals surface area (Å²) in [5.74, 6) is 0.